The molecule has 0 unspecified atom stereocenters. The molecule has 0 aromatic heterocycles. The Morgan fingerprint density at radius 1 is 0.805 bits per heavy atom. The molecule has 0 bridgehead atoms. The summed E-state index contributed by atoms with van der Waals surface area (Å²) < 4.78 is 10.7. The number of carbonyl (C=O) groups excluding carboxylic acids is 2. The van der Waals surface area contributed by atoms with Gasteiger partial charge in [-0.3, -0.25) is 4.79 Å². The van der Waals surface area contributed by atoms with E-state index in [2.05, 4.69) is 72.8 Å². The van der Waals surface area contributed by atoms with Crippen molar-refractivity contribution in [3.63, 3.8) is 0 Å². The number of nitrogens with zero attached hydrogens (tertiary/aromatic N) is 1. The third-order valence-electron chi connectivity index (χ3n) is 7.09. The molecule has 0 saturated carbocycles. The number of rotatable bonds is 7. The number of hydrogen-bond donors (Lipinski definition) is 0. The van der Waals surface area contributed by atoms with Gasteiger partial charge in [0.2, 0.25) is 0 Å². The minimum absolute atomic E-state index is 0. The Morgan fingerprint density at radius 3 is 1.80 bits per heavy atom. The average molecular weight is 633 g/mol. The largest absolute Gasteiger partial charge is 1.00 e. The van der Waals surface area contributed by atoms with Gasteiger partial charge in [-0.1, -0.05) is 66.7 Å². The van der Waals surface area contributed by atoms with E-state index in [1.165, 1.54) is 15.9 Å². The molecule has 1 atom stereocenters. The van der Waals surface area contributed by atoms with Crippen LogP contribution in [0.1, 0.15) is 32.8 Å². The lowest BCUT2D eigenvalue weighted by Crippen LogP contribution is -3.00. The number of hydrogen-bond acceptors (Lipinski definition) is 4. The van der Waals surface area contributed by atoms with E-state index in [1.807, 2.05) is 35.2 Å². The zero-order valence-electron chi connectivity index (χ0n) is 23.6. The smallest absolute Gasteiger partial charge is 0.514 e. The van der Waals surface area contributed by atoms with Crippen molar-refractivity contribution in [3.05, 3.63) is 121 Å². The van der Waals surface area contributed by atoms with Crippen molar-refractivity contribution in [2.75, 3.05) is 6.54 Å². The fraction of sp³-hybridized carbons (Fsp3) is 0.235. The molecule has 1 heterocycles. The summed E-state index contributed by atoms with van der Waals surface area (Å²) in [7, 11) is -2.32. The van der Waals surface area contributed by atoms with Crippen LogP contribution in [0.15, 0.2) is 115 Å². The Balaban J connectivity index is 0.00000387. The molecule has 7 heteroatoms. The van der Waals surface area contributed by atoms with Crippen molar-refractivity contribution in [1.82, 2.24) is 4.90 Å². The third kappa shape index (κ3) is 6.72. The summed E-state index contributed by atoms with van der Waals surface area (Å²) in [5, 5.41) is 3.63. The summed E-state index contributed by atoms with van der Waals surface area (Å²) >= 11 is 0. The normalized spacial score (nSPS) is 15.2. The van der Waals surface area contributed by atoms with Crippen LogP contribution in [0.4, 0.5) is 4.79 Å². The maximum Gasteiger partial charge on any atom is 0.514 e. The van der Waals surface area contributed by atoms with Gasteiger partial charge < -0.3 is 31.4 Å². The topological polar surface area (TPSA) is 55.8 Å². The average Bonchev–Trinajstić information content (AvgIpc) is 3.30. The minimum Gasteiger partial charge on any atom is -1.00 e. The van der Waals surface area contributed by atoms with E-state index in [0.29, 0.717) is 18.8 Å². The maximum absolute atomic E-state index is 14.3. The highest BCUT2D eigenvalue weighted by Gasteiger charge is 2.58. The second-order valence-electron chi connectivity index (χ2n) is 11.0. The van der Waals surface area contributed by atoms with Gasteiger partial charge in [-0.2, -0.15) is 0 Å². The summed E-state index contributed by atoms with van der Waals surface area (Å²) in [6.45, 7) is 6.49. The van der Waals surface area contributed by atoms with Gasteiger partial charge in [0.25, 0.3) is 5.91 Å². The first kappa shape index (κ1) is 30.5. The zero-order chi connectivity index (χ0) is 28.2. The fourth-order valence-corrected chi connectivity index (χ4v) is 10.4. The molecule has 0 aliphatic carbocycles. The Hall–Kier alpha value is -3.47. The molecule has 212 valence electrons. The predicted molar refractivity (Wildman–Crippen MR) is 162 cm³/mol. The molecule has 1 fully saturated rings. The second kappa shape index (κ2) is 13.0. The lowest BCUT2D eigenvalue weighted by Gasteiger charge is -2.32. The molecule has 0 N–H and O–H groups in total. The molecule has 0 spiro atoms. The van der Waals surface area contributed by atoms with Crippen LogP contribution in [-0.4, -0.2) is 34.8 Å². The molecule has 0 radical (unpaired) electrons. The second-order valence-corrected chi connectivity index (χ2v) is 14.6. The van der Waals surface area contributed by atoms with Gasteiger partial charge >= 0.3 is 6.16 Å². The molecule has 1 amide bonds. The van der Waals surface area contributed by atoms with Crippen LogP contribution in [0.25, 0.3) is 0 Å². The highest BCUT2D eigenvalue weighted by molar-refractivity contribution is 7.96. The Morgan fingerprint density at radius 2 is 1.32 bits per heavy atom. The molecule has 41 heavy (non-hydrogen) atoms. The fourth-order valence-electron chi connectivity index (χ4n) is 5.51. The SMILES string of the molecule is CC(C)(C)OC(=O)Oc1cccc(CN2CC[C@@H]([P+](c3ccccc3)(c3ccccc3)c3ccccc3)C2=O)c1.[Br-]. The molecule has 5 rings (SSSR count). The Kier molecular flexibility index (Phi) is 9.68. The van der Waals surface area contributed by atoms with Crippen molar-refractivity contribution in [3.8, 4) is 5.75 Å². The van der Waals surface area contributed by atoms with Gasteiger partial charge in [0.15, 0.2) is 5.66 Å². The summed E-state index contributed by atoms with van der Waals surface area (Å²) in [6.07, 6.45) is 0.0180. The quantitative estimate of drug-likeness (QED) is 0.179. The third-order valence-corrected chi connectivity index (χ3v) is 11.8. The predicted octanol–water partition coefficient (Wildman–Crippen LogP) is 3.10. The number of halogens is 1. The number of carbonyl (C=O) groups is 2. The minimum atomic E-state index is -2.32. The highest BCUT2D eigenvalue weighted by Crippen LogP contribution is 2.62. The molecular formula is C34H35BrNO4P. The zero-order valence-corrected chi connectivity index (χ0v) is 26.1. The van der Waals surface area contributed by atoms with Gasteiger partial charge in [-0.05, 0) is 74.9 Å². The van der Waals surface area contributed by atoms with Crippen molar-refractivity contribution >= 4 is 35.2 Å². The van der Waals surface area contributed by atoms with Crippen molar-refractivity contribution < 1.29 is 36.0 Å². The van der Waals surface area contributed by atoms with Gasteiger partial charge in [0, 0.05) is 19.5 Å². The van der Waals surface area contributed by atoms with E-state index in [0.717, 1.165) is 12.0 Å². The van der Waals surface area contributed by atoms with Crippen LogP contribution in [-0.2, 0) is 16.1 Å². The Bertz CT molecular complexity index is 1360. The van der Waals surface area contributed by atoms with Gasteiger partial charge in [-0.25, -0.2) is 4.79 Å². The van der Waals surface area contributed by atoms with E-state index in [9.17, 15) is 9.59 Å². The summed E-state index contributed by atoms with van der Waals surface area (Å²) in [6, 6.07) is 38.9. The van der Waals surface area contributed by atoms with Crippen molar-refractivity contribution in [2.24, 2.45) is 0 Å². The summed E-state index contributed by atoms with van der Waals surface area (Å²) in [4.78, 5) is 28.5. The van der Waals surface area contributed by atoms with Crippen LogP contribution in [0.3, 0.4) is 0 Å². The van der Waals surface area contributed by atoms with Crippen molar-refractivity contribution in [2.45, 2.75) is 45.0 Å². The summed E-state index contributed by atoms with van der Waals surface area (Å²) in [5.74, 6) is 0.554. The standard InChI is InChI=1S/C34H35NO4P.BrH/c1-34(2,3)39-33(37)38-27-15-13-14-26(24-27)25-35-23-22-31(32(35)36)40(28-16-7-4-8-17-28,29-18-9-5-10-19-29)30-20-11-6-12-21-30;/h4-21,24,31H,22-23,25H2,1-3H3;1H/q+1;/p-1/t31-;/m1./s1. The molecular weight excluding hydrogens is 597 g/mol. The van der Waals surface area contributed by atoms with Crippen LogP contribution in [0, 0.1) is 0 Å². The van der Waals surface area contributed by atoms with E-state index >= 15 is 0 Å². The van der Waals surface area contributed by atoms with Crippen LogP contribution in [0.2, 0.25) is 0 Å². The summed E-state index contributed by atoms with van der Waals surface area (Å²) in [5.41, 5.74) is 0.0800. The van der Waals surface area contributed by atoms with E-state index in [-0.39, 0.29) is 28.5 Å². The number of amides is 1. The van der Waals surface area contributed by atoms with Gasteiger partial charge in [-0.15, -0.1) is 0 Å². The van der Waals surface area contributed by atoms with E-state index in [4.69, 9.17) is 9.47 Å². The van der Waals surface area contributed by atoms with Crippen molar-refractivity contribution in [1.29, 1.82) is 0 Å². The lowest BCUT2D eigenvalue weighted by molar-refractivity contribution is -0.127. The van der Waals surface area contributed by atoms with E-state index in [1.54, 1.807) is 32.9 Å². The Labute approximate surface area is 253 Å². The van der Waals surface area contributed by atoms with Crippen LogP contribution in [0.5, 0.6) is 5.75 Å². The molecule has 5 nitrogen and oxygen atoms in total. The van der Waals surface area contributed by atoms with Gasteiger partial charge in [0.1, 0.15) is 34.5 Å². The van der Waals surface area contributed by atoms with E-state index < -0.39 is 19.0 Å². The monoisotopic (exact) mass is 631 g/mol. The van der Waals surface area contributed by atoms with Crippen LogP contribution >= 0.6 is 7.26 Å². The first-order chi connectivity index (χ1) is 19.3. The number of ether oxygens (including phenoxy) is 2. The molecule has 1 saturated heterocycles. The highest BCUT2D eigenvalue weighted by atomic mass is 79.9. The van der Waals surface area contributed by atoms with Gasteiger partial charge in [0.05, 0.1) is 0 Å². The molecule has 4 aromatic carbocycles. The molecule has 1 aliphatic rings. The number of benzene rings is 4. The first-order valence-electron chi connectivity index (χ1n) is 13.6. The molecule has 4 aromatic rings. The van der Waals surface area contributed by atoms with Crippen LogP contribution < -0.4 is 37.6 Å². The molecule has 1 aliphatic heterocycles. The first-order valence-corrected chi connectivity index (χ1v) is 15.5. The lowest BCUT2D eigenvalue weighted by atomic mass is 10.2. The number of likely N-dealkylation sites (tertiary alicyclic amines) is 1. The maximum atomic E-state index is 14.3.